The summed E-state index contributed by atoms with van der Waals surface area (Å²) in [6.07, 6.45) is -3.13. The van der Waals surface area contributed by atoms with Crippen molar-refractivity contribution in [2.24, 2.45) is 0 Å². The lowest BCUT2D eigenvalue weighted by Gasteiger charge is -2.15. The number of ether oxygens (including phenoxy) is 2. The predicted octanol–water partition coefficient (Wildman–Crippen LogP) is 3.98. The van der Waals surface area contributed by atoms with Gasteiger partial charge < -0.3 is 13.9 Å². The molecule has 0 aliphatic heterocycles. The molecule has 0 bridgehead atoms. The van der Waals surface area contributed by atoms with E-state index in [2.05, 4.69) is 0 Å². The third-order valence-corrected chi connectivity index (χ3v) is 2.61. The van der Waals surface area contributed by atoms with Crippen molar-refractivity contribution in [1.29, 1.82) is 0 Å². The molecule has 6 heteroatoms. The number of rotatable bonds is 3. The number of benzene rings is 1. The summed E-state index contributed by atoms with van der Waals surface area (Å²) in [5.74, 6) is 0.254. The van der Waals surface area contributed by atoms with Crippen molar-refractivity contribution in [1.82, 2.24) is 0 Å². The maximum Gasteiger partial charge on any atom is 0.419 e. The van der Waals surface area contributed by atoms with Crippen molar-refractivity contribution in [3.8, 4) is 22.8 Å². The molecule has 0 atom stereocenters. The van der Waals surface area contributed by atoms with E-state index in [0.29, 0.717) is 5.76 Å². The van der Waals surface area contributed by atoms with Crippen LogP contribution in [0.5, 0.6) is 11.5 Å². The second-order valence-electron chi connectivity index (χ2n) is 3.73. The molecule has 1 aromatic heterocycles. The average Bonchev–Trinajstić information content (AvgIpc) is 2.89. The van der Waals surface area contributed by atoms with Gasteiger partial charge in [0.25, 0.3) is 0 Å². The first kappa shape index (κ1) is 13.3. The third kappa shape index (κ3) is 2.52. The van der Waals surface area contributed by atoms with Gasteiger partial charge in [0.1, 0.15) is 17.3 Å². The van der Waals surface area contributed by atoms with Crippen molar-refractivity contribution in [2.45, 2.75) is 6.18 Å². The largest absolute Gasteiger partial charge is 0.496 e. The number of alkyl halides is 3. The molecule has 0 radical (unpaired) electrons. The number of halogens is 3. The predicted molar refractivity (Wildman–Crippen MR) is 62.3 cm³/mol. The first-order chi connectivity index (χ1) is 8.97. The zero-order chi connectivity index (χ0) is 14.0. The fraction of sp³-hybridized carbons (Fsp3) is 0.231. The van der Waals surface area contributed by atoms with Crippen LogP contribution >= 0.6 is 0 Å². The first-order valence-electron chi connectivity index (χ1n) is 5.34. The molecule has 19 heavy (non-hydrogen) atoms. The minimum atomic E-state index is -4.51. The van der Waals surface area contributed by atoms with Gasteiger partial charge in [-0.3, -0.25) is 0 Å². The highest BCUT2D eigenvalue weighted by Crippen LogP contribution is 2.43. The van der Waals surface area contributed by atoms with E-state index in [4.69, 9.17) is 13.9 Å². The lowest BCUT2D eigenvalue weighted by molar-refractivity contribution is -0.138. The Morgan fingerprint density at radius 2 is 1.74 bits per heavy atom. The summed E-state index contributed by atoms with van der Waals surface area (Å²) in [5.41, 5.74) is -0.650. The summed E-state index contributed by atoms with van der Waals surface area (Å²) in [6.45, 7) is 0. The Hall–Kier alpha value is -2.11. The van der Waals surface area contributed by atoms with E-state index in [-0.39, 0.29) is 17.1 Å². The molecule has 1 heterocycles. The van der Waals surface area contributed by atoms with E-state index >= 15 is 0 Å². The highest BCUT2D eigenvalue weighted by molar-refractivity contribution is 5.69. The molecular formula is C13H11F3O3. The second-order valence-corrected chi connectivity index (χ2v) is 3.73. The molecule has 102 valence electrons. The van der Waals surface area contributed by atoms with E-state index < -0.39 is 11.7 Å². The van der Waals surface area contributed by atoms with Crippen molar-refractivity contribution in [3.05, 3.63) is 36.1 Å². The van der Waals surface area contributed by atoms with Gasteiger partial charge in [0.2, 0.25) is 0 Å². The lowest BCUT2D eigenvalue weighted by atomic mass is 10.1. The van der Waals surface area contributed by atoms with Crippen LogP contribution in [0.15, 0.2) is 34.9 Å². The number of hydrogen-bond donors (Lipinski definition) is 0. The van der Waals surface area contributed by atoms with Crippen molar-refractivity contribution in [3.63, 3.8) is 0 Å². The minimum absolute atomic E-state index is 0.223. The fourth-order valence-electron chi connectivity index (χ4n) is 1.74. The van der Waals surface area contributed by atoms with Crippen LogP contribution in [0.1, 0.15) is 5.56 Å². The van der Waals surface area contributed by atoms with E-state index in [1.807, 2.05) is 0 Å². The maximum atomic E-state index is 12.9. The van der Waals surface area contributed by atoms with Gasteiger partial charge in [0.15, 0.2) is 0 Å². The van der Waals surface area contributed by atoms with Crippen molar-refractivity contribution < 1.29 is 27.1 Å². The minimum Gasteiger partial charge on any atom is -0.496 e. The molecule has 2 aromatic rings. The van der Waals surface area contributed by atoms with Crippen LogP contribution in [-0.4, -0.2) is 14.2 Å². The molecule has 0 saturated carbocycles. The van der Waals surface area contributed by atoms with Gasteiger partial charge in [0, 0.05) is 6.07 Å². The molecule has 3 nitrogen and oxygen atoms in total. The molecular weight excluding hydrogens is 261 g/mol. The summed E-state index contributed by atoms with van der Waals surface area (Å²) < 4.78 is 53.8. The molecule has 0 unspecified atom stereocenters. The van der Waals surface area contributed by atoms with Crippen LogP contribution in [0.4, 0.5) is 13.2 Å². The summed E-state index contributed by atoms with van der Waals surface area (Å²) in [5, 5.41) is 0. The fourth-order valence-corrected chi connectivity index (χ4v) is 1.74. The number of furan rings is 1. The van der Waals surface area contributed by atoms with Gasteiger partial charge in [-0.05, 0) is 18.2 Å². The van der Waals surface area contributed by atoms with Gasteiger partial charge in [-0.15, -0.1) is 0 Å². The van der Waals surface area contributed by atoms with Gasteiger partial charge in [-0.1, -0.05) is 0 Å². The molecule has 0 N–H and O–H groups in total. The normalized spacial score (nSPS) is 11.4. The third-order valence-electron chi connectivity index (χ3n) is 2.61. The zero-order valence-electron chi connectivity index (χ0n) is 10.2. The van der Waals surface area contributed by atoms with Crippen molar-refractivity contribution in [2.75, 3.05) is 14.2 Å². The summed E-state index contributed by atoms with van der Waals surface area (Å²) in [6, 6.07) is 5.30. The Kier molecular flexibility index (Phi) is 3.42. The SMILES string of the molecule is COc1cc(OC)c(C(F)(F)F)cc1-c1ccco1. The summed E-state index contributed by atoms with van der Waals surface area (Å²) >= 11 is 0. The topological polar surface area (TPSA) is 31.6 Å². The lowest BCUT2D eigenvalue weighted by Crippen LogP contribution is -2.08. The van der Waals surface area contributed by atoms with Crippen LogP contribution < -0.4 is 9.47 Å². The van der Waals surface area contributed by atoms with Crippen LogP contribution in [-0.2, 0) is 6.18 Å². The molecule has 1 aromatic carbocycles. The van der Waals surface area contributed by atoms with E-state index in [9.17, 15) is 13.2 Å². The highest BCUT2D eigenvalue weighted by Gasteiger charge is 2.35. The molecule has 0 spiro atoms. The van der Waals surface area contributed by atoms with E-state index in [1.54, 1.807) is 12.1 Å². The van der Waals surface area contributed by atoms with Crippen LogP contribution in [0.3, 0.4) is 0 Å². The smallest absolute Gasteiger partial charge is 0.419 e. The molecule has 0 saturated heterocycles. The van der Waals surface area contributed by atoms with Gasteiger partial charge in [-0.2, -0.15) is 13.2 Å². The monoisotopic (exact) mass is 272 g/mol. The second kappa shape index (κ2) is 4.87. The van der Waals surface area contributed by atoms with Gasteiger partial charge in [-0.25, -0.2) is 0 Å². The number of methoxy groups -OCH3 is 2. The van der Waals surface area contributed by atoms with Crippen LogP contribution in [0.2, 0.25) is 0 Å². The summed E-state index contributed by atoms with van der Waals surface area (Å²) in [7, 11) is 2.55. The quantitative estimate of drug-likeness (QED) is 0.846. The molecule has 0 amide bonds. The molecule has 0 fully saturated rings. The highest BCUT2D eigenvalue weighted by atomic mass is 19.4. The molecule has 2 rings (SSSR count). The van der Waals surface area contributed by atoms with Gasteiger partial charge >= 0.3 is 6.18 Å². The van der Waals surface area contributed by atoms with Crippen LogP contribution in [0, 0.1) is 0 Å². The maximum absolute atomic E-state index is 12.9. The first-order valence-corrected chi connectivity index (χ1v) is 5.34. The Labute approximate surface area is 107 Å². The Morgan fingerprint density at radius 1 is 1.05 bits per heavy atom. The van der Waals surface area contributed by atoms with E-state index in [1.165, 1.54) is 26.5 Å². The Bertz CT molecular complexity index is 559. The molecule has 0 aliphatic carbocycles. The average molecular weight is 272 g/mol. The number of hydrogen-bond acceptors (Lipinski definition) is 3. The Morgan fingerprint density at radius 3 is 2.21 bits per heavy atom. The van der Waals surface area contributed by atoms with Crippen molar-refractivity contribution >= 4 is 0 Å². The standard InChI is InChI=1S/C13H11F3O3/c1-17-11-7-12(18-2)9(13(14,15)16)6-8(11)10-4-3-5-19-10/h3-7H,1-2H3. The van der Waals surface area contributed by atoms with Crippen LogP contribution in [0.25, 0.3) is 11.3 Å². The molecule has 0 aliphatic rings. The summed E-state index contributed by atoms with van der Waals surface area (Å²) in [4.78, 5) is 0. The zero-order valence-corrected chi connectivity index (χ0v) is 10.2. The Balaban J connectivity index is 2.66. The van der Waals surface area contributed by atoms with Gasteiger partial charge in [0.05, 0.1) is 31.6 Å². The van der Waals surface area contributed by atoms with E-state index in [0.717, 1.165) is 6.07 Å².